The molecule has 0 aliphatic heterocycles. The molecule has 0 saturated carbocycles. The van der Waals surface area contributed by atoms with Crippen LogP contribution in [0.1, 0.15) is 11.5 Å². The molecule has 0 amide bonds. The van der Waals surface area contributed by atoms with Crippen molar-refractivity contribution in [3.63, 3.8) is 0 Å². The molecule has 100 valence electrons. The highest BCUT2D eigenvalue weighted by Gasteiger charge is 2.14. The zero-order valence-corrected chi connectivity index (χ0v) is 11.7. The van der Waals surface area contributed by atoms with Crippen LogP contribution in [0.15, 0.2) is 48.5 Å². The third-order valence-corrected chi connectivity index (χ3v) is 3.60. The average molecular weight is 327 g/mol. The Morgan fingerprint density at radius 2 is 1.74 bits per heavy atom. The molecule has 1 atom stereocenters. The Morgan fingerprint density at radius 1 is 1.00 bits per heavy atom. The number of ether oxygens (including phenoxy) is 1. The largest absolute Gasteiger partial charge is 0.490 e. The summed E-state index contributed by atoms with van der Waals surface area (Å²) in [7, 11) is 0. The third-order valence-electron chi connectivity index (χ3n) is 2.81. The van der Waals surface area contributed by atoms with E-state index in [1.54, 1.807) is 0 Å². The summed E-state index contributed by atoms with van der Waals surface area (Å²) in [4.78, 5) is 0. The van der Waals surface area contributed by atoms with Crippen molar-refractivity contribution in [2.45, 2.75) is 5.92 Å². The van der Waals surface area contributed by atoms with Gasteiger partial charge in [0.15, 0.2) is 11.6 Å². The maximum Gasteiger partial charge on any atom is 0.200 e. The minimum absolute atomic E-state index is 0.0538. The summed E-state index contributed by atoms with van der Waals surface area (Å²) in [6, 6.07) is 13.7. The predicted octanol–water partition coefficient (Wildman–Crippen LogP) is 4.52. The van der Waals surface area contributed by atoms with Crippen molar-refractivity contribution in [1.82, 2.24) is 0 Å². The highest BCUT2D eigenvalue weighted by Crippen LogP contribution is 2.23. The van der Waals surface area contributed by atoms with Crippen molar-refractivity contribution in [1.29, 1.82) is 0 Å². The van der Waals surface area contributed by atoms with Gasteiger partial charge in [-0.05, 0) is 17.7 Å². The molecule has 4 heteroatoms. The number of hydrogen-bond acceptors (Lipinski definition) is 1. The second-order valence-electron chi connectivity index (χ2n) is 4.12. The highest BCUT2D eigenvalue weighted by atomic mass is 79.9. The Labute approximate surface area is 119 Å². The van der Waals surface area contributed by atoms with Crippen molar-refractivity contribution < 1.29 is 13.5 Å². The van der Waals surface area contributed by atoms with Gasteiger partial charge in [0.05, 0.1) is 6.61 Å². The molecule has 1 nitrogen and oxygen atoms in total. The van der Waals surface area contributed by atoms with Crippen LogP contribution in [0.5, 0.6) is 5.75 Å². The van der Waals surface area contributed by atoms with Crippen molar-refractivity contribution in [3.8, 4) is 5.75 Å². The van der Waals surface area contributed by atoms with Gasteiger partial charge in [-0.25, -0.2) is 4.39 Å². The number of rotatable bonds is 5. The summed E-state index contributed by atoms with van der Waals surface area (Å²) < 4.78 is 31.9. The lowest BCUT2D eigenvalue weighted by atomic mass is 10.0. The molecular weight excluding hydrogens is 314 g/mol. The number of hydrogen-bond donors (Lipinski definition) is 0. The lowest BCUT2D eigenvalue weighted by molar-refractivity contribution is 0.279. The van der Waals surface area contributed by atoms with E-state index in [4.69, 9.17) is 4.74 Å². The van der Waals surface area contributed by atoms with Gasteiger partial charge in [0, 0.05) is 11.2 Å². The van der Waals surface area contributed by atoms with Gasteiger partial charge in [-0.3, -0.25) is 0 Å². The van der Waals surface area contributed by atoms with Gasteiger partial charge in [-0.15, -0.1) is 0 Å². The Bertz CT molecular complexity index is 531. The van der Waals surface area contributed by atoms with Crippen molar-refractivity contribution >= 4 is 15.9 Å². The molecule has 0 radical (unpaired) electrons. The fraction of sp³-hybridized carbons (Fsp3) is 0.200. The lowest BCUT2D eigenvalue weighted by Crippen LogP contribution is -2.12. The first-order valence-electron chi connectivity index (χ1n) is 5.90. The summed E-state index contributed by atoms with van der Waals surface area (Å²) in [5, 5.41) is 0.688. The van der Waals surface area contributed by atoms with Crippen LogP contribution in [0.4, 0.5) is 8.78 Å². The predicted molar refractivity (Wildman–Crippen MR) is 74.8 cm³/mol. The zero-order valence-electron chi connectivity index (χ0n) is 10.2. The van der Waals surface area contributed by atoms with E-state index in [9.17, 15) is 8.78 Å². The maximum absolute atomic E-state index is 13.4. The standard InChI is InChI=1S/C15H13BrF2O/c16-9-12(11-5-2-1-3-6-11)10-19-14-8-4-7-13(17)15(14)18/h1-8,12H,9-10H2. The number of alkyl halides is 1. The molecular formula is C15H13BrF2O. The van der Waals surface area contributed by atoms with Crippen LogP contribution >= 0.6 is 15.9 Å². The van der Waals surface area contributed by atoms with E-state index in [0.717, 1.165) is 11.6 Å². The van der Waals surface area contributed by atoms with Gasteiger partial charge in [0.2, 0.25) is 5.82 Å². The van der Waals surface area contributed by atoms with Crippen LogP contribution in [0.3, 0.4) is 0 Å². The highest BCUT2D eigenvalue weighted by molar-refractivity contribution is 9.09. The zero-order chi connectivity index (χ0) is 13.7. The normalized spacial score (nSPS) is 12.2. The van der Waals surface area contributed by atoms with E-state index in [0.29, 0.717) is 5.33 Å². The Morgan fingerprint density at radius 3 is 2.42 bits per heavy atom. The first-order valence-corrected chi connectivity index (χ1v) is 7.02. The minimum atomic E-state index is -0.941. The molecule has 0 aliphatic rings. The van der Waals surface area contributed by atoms with E-state index in [-0.39, 0.29) is 18.3 Å². The second kappa shape index (κ2) is 6.66. The van der Waals surface area contributed by atoms with Gasteiger partial charge in [-0.2, -0.15) is 4.39 Å². The molecule has 1 unspecified atom stereocenters. The molecule has 0 aromatic heterocycles. The molecule has 0 N–H and O–H groups in total. The summed E-state index contributed by atoms with van der Waals surface area (Å²) in [6.07, 6.45) is 0. The van der Waals surface area contributed by atoms with Crippen molar-refractivity contribution in [3.05, 3.63) is 65.7 Å². The molecule has 2 rings (SSSR count). The molecule has 0 fully saturated rings. The Balaban J connectivity index is 2.06. The van der Waals surface area contributed by atoms with Gasteiger partial charge in [-0.1, -0.05) is 52.3 Å². The quantitative estimate of drug-likeness (QED) is 0.734. The molecule has 0 heterocycles. The molecule has 0 spiro atoms. The van der Waals surface area contributed by atoms with Crippen LogP contribution in [-0.2, 0) is 0 Å². The fourth-order valence-corrected chi connectivity index (χ4v) is 2.30. The van der Waals surface area contributed by atoms with Gasteiger partial charge in [0.25, 0.3) is 0 Å². The van der Waals surface area contributed by atoms with Crippen LogP contribution < -0.4 is 4.74 Å². The summed E-state index contributed by atoms with van der Waals surface area (Å²) in [5.74, 6) is -1.80. The monoisotopic (exact) mass is 326 g/mol. The van der Waals surface area contributed by atoms with Crippen LogP contribution in [-0.4, -0.2) is 11.9 Å². The second-order valence-corrected chi connectivity index (χ2v) is 4.77. The smallest absolute Gasteiger partial charge is 0.200 e. The summed E-state index contributed by atoms with van der Waals surface area (Å²) in [5.41, 5.74) is 1.09. The molecule has 2 aromatic carbocycles. The SMILES string of the molecule is Fc1cccc(OCC(CBr)c2ccccc2)c1F. The van der Waals surface area contributed by atoms with Gasteiger partial charge in [0.1, 0.15) is 0 Å². The third kappa shape index (κ3) is 3.53. The lowest BCUT2D eigenvalue weighted by Gasteiger charge is -2.16. The van der Waals surface area contributed by atoms with Gasteiger partial charge >= 0.3 is 0 Å². The van der Waals surface area contributed by atoms with Crippen LogP contribution in [0.25, 0.3) is 0 Å². The summed E-state index contributed by atoms with van der Waals surface area (Å²) in [6.45, 7) is 0.287. The molecule has 0 aliphatic carbocycles. The molecule has 0 bridgehead atoms. The first-order chi connectivity index (χ1) is 9.22. The van der Waals surface area contributed by atoms with E-state index >= 15 is 0 Å². The van der Waals surface area contributed by atoms with E-state index < -0.39 is 11.6 Å². The maximum atomic E-state index is 13.4. The number of benzene rings is 2. The Hall–Kier alpha value is -1.42. The Kier molecular flexibility index (Phi) is 4.91. The topological polar surface area (TPSA) is 9.23 Å². The summed E-state index contributed by atoms with van der Waals surface area (Å²) >= 11 is 3.41. The number of halogens is 3. The van der Waals surface area contributed by atoms with E-state index in [1.165, 1.54) is 12.1 Å². The fourth-order valence-electron chi connectivity index (χ4n) is 1.74. The molecule has 0 saturated heterocycles. The molecule has 2 aromatic rings. The van der Waals surface area contributed by atoms with Crippen molar-refractivity contribution in [2.24, 2.45) is 0 Å². The minimum Gasteiger partial charge on any atom is -0.490 e. The van der Waals surface area contributed by atoms with E-state index in [1.807, 2.05) is 30.3 Å². The van der Waals surface area contributed by atoms with Crippen LogP contribution in [0.2, 0.25) is 0 Å². The van der Waals surface area contributed by atoms with Gasteiger partial charge < -0.3 is 4.74 Å². The molecule has 19 heavy (non-hydrogen) atoms. The van der Waals surface area contributed by atoms with E-state index in [2.05, 4.69) is 15.9 Å². The average Bonchev–Trinajstić information content (AvgIpc) is 2.45. The van der Waals surface area contributed by atoms with Crippen molar-refractivity contribution in [2.75, 3.05) is 11.9 Å². The first kappa shape index (κ1) is 14.0. The van der Waals surface area contributed by atoms with Crippen LogP contribution in [0, 0.1) is 11.6 Å².